The fourth-order valence-corrected chi connectivity index (χ4v) is 3.14. The zero-order valence-electron chi connectivity index (χ0n) is 12.3. The molecule has 112 valence electrons. The predicted octanol–water partition coefficient (Wildman–Crippen LogP) is 4.29. The number of Topliss-reactive ketones (excluding diaryl/α,β-unsaturated/α-hetero) is 1. The molecule has 0 atom stereocenters. The summed E-state index contributed by atoms with van der Waals surface area (Å²) >= 11 is 4.09. The average molecular weight is 318 g/mol. The molecule has 2 aromatic heterocycles. The molecule has 0 saturated carbocycles. The van der Waals surface area contributed by atoms with Crippen molar-refractivity contribution in [3.8, 4) is 5.69 Å². The summed E-state index contributed by atoms with van der Waals surface area (Å²) < 4.78 is 2.17. The highest BCUT2D eigenvalue weighted by atomic mass is 32.1. The summed E-state index contributed by atoms with van der Waals surface area (Å²) in [6.45, 7) is 0. The van der Waals surface area contributed by atoms with Crippen LogP contribution in [0.2, 0.25) is 0 Å². The van der Waals surface area contributed by atoms with E-state index in [1.54, 1.807) is 6.20 Å². The summed E-state index contributed by atoms with van der Waals surface area (Å²) in [4.78, 5) is 16.5. The van der Waals surface area contributed by atoms with Crippen LogP contribution in [0.5, 0.6) is 0 Å². The van der Waals surface area contributed by atoms with Crippen LogP contribution in [0, 0.1) is 0 Å². The van der Waals surface area contributed by atoms with E-state index < -0.39 is 0 Å². The second-order valence-corrected chi connectivity index (χ2v) is 5.67. The van der Waals surface area contributed by atoms with Crippen LogP contribution in [-0.4, -0.2) is 21.1 Å². The van der Waals surface area contributed by atoms with Gasteiger partial charge in [0.05, 0.1) is 22.3 Å². The zero-order valence-corrected chi connectivity index (χ0v) is 13.2. The Labute approximate surface area is 139 Å². The smallest absolute Gasteiger partial charge is 0.172 e. The van der Waals surface area contributed by atoms with Crippen molar-refractivity contribution in [1.29, 1.82) is 0 Å². The van der Waals surface area contributed by atoms with Crippen LogP contribution in [0.15, 0.2) is 66.9 Å². The number of carbonyl (C=O) groups is 1. The normalized spacial score (nSPS) is 11.2. The van der Waals surface area contributed by atoms with Crippen molar-refractivity contribution >= 4 is 40.3 Å². The number of hydrogen-bond donors (Lipinski definition) is 1. The first-order chi connectivity index (χ1) is 11.3. The first-order valence-corrected chi connectivity index (χ1v) is 8.01. The molecule has 0 aliphatic rings. The molecule has 0 fully saturated rings. The summed E-state index contributed by atoms with van der Waals surface area (Å²) in [5.74, 6) is 0.225. The van der Waals surface area contributed by atoms with Crippen molar-refractivity contribution in [3.05, 3.63) is 72.4 Å². The largest absolute Gasteiger partial charge is 0.308 e. The second-order valence-electron chi connectivity index (χ2n) is 5.36. The van der Waals surface area contributed by atoms with E-state index in [0.29, 0.717) is 5.56 Å². The van der Waals surface area contributed by atoms with Crippen molar-refractivity contribution in [2.75, 3.05) is 5.75 Å². The Morgan fingerprint density at radius 3 is 2.61 bits per heavy atom. The SMILES string of the molecule is O=C(CS)c1ccc2c(c1)c1ncccc1n2-c1ccccc1. The molecule has 0 aliphatic carbocycles. The van der Waals surface area contributed by atoms with Crippen molar-refractivity contribution in [1.82, 2.24) is 9.55 Å². The van der Waals surface area contributed by atoms with Gasteiger partial charge in [0.25, 0.3) is 0 Å². The molecule has 0 N–H and O–H groups in total. The highest BCUT2D eigenvalue weighted by Gasteiger charge is 2.14. The number of nitrogens with zero attached hydrogens (tertiary/aromatic N) is 2. The number of benzene rings is 2. The lowest BCUT2D eigenvalue weighted by Crippen LogP contribution is -2.00. The van der Waals surface area contributed by atoms with E-state index in [9.17, 15) is 4.79 Å². The van der Waals surface area contributed by atoms with Crippen LogP contribution < -0.4 is 0 Å². The molecule has 0 amide bonds. The molecule has 2 aromatic carbocycles. The quantitative estimate of drug-likeness (QED) is 0.452. The standard InChI is InChI=1S/C19H14N2OS/c22-18(12-23)13-8-9-16-15(11-13)19-17(7-4-10-20-19)21(16)14-5-2-1-3-6-14/h1-11,23H,12H2. The third-order valence-electron chi connectivity index (χ3n) is 4.00. The number of rotatable bonds is 3. The number of pyridine rings is 1. The summed E-state index contributed by atoms with van der Waals surface area (Å²) in [5.41, 5.74) is 4.73. The van der Waals surface area contributed by atoms with Gasteiger partial charge in [-0.25, -0.2) is 0 Å². The summed E-state index contributed by atoms with van der Waals surface area (Å²) in [6.07, 6.45) is 1.78. The van der Waals surface area contributed by atoms with Crippen LogP contribution in [0.1, 0.15) is 10.4 Å². The fraction of sp³-hybridized carbons (Fsp3) is 0.0526. The molecule has 0 aliphatic heterocycles. The third-order valence-corrected chi connectivity index (χ3v) is 4.29. The number of para-hydroxylation sites is 1. The Kier molecular flexibility index (Phi) is 3.39. The van der Waals surface area contributed by atoms with Gasteiger partial charge in [0, 0.05) is 22.8 Å². The Morgan fingerprint density at radius 1 is 1.00 bits per heavy atom. The van der Waals surface area contributed by atoms with Crippen LogP contribution in [-0.2, 0) is 0 Å². The second kappa shape index (κ2) is 5.56. The minimum atomic E-state index is 0.0202. The number of ketones is 1. The molecule has 0 spiro atoms. The maximum Gasteiger partial charge on any atom is 0.172 e. The molecule has 4 rings (SSSR count). The minimum absolute atomic E-state index is 0.0202. The van der Waals surface area contributed by atoms with Gasteiger partial charge >= 0.3 is 0 Å². The third kappa shape index (κ3) is 2.23. The molecule has 4 heteroatoms. The first kappa shape index (κ1) is 14.0. The molecule has 23 heavy (non-hydrogen) atoms. The van der Waals surface area contributed by atoms with Gasteiger partial charge in [-0.3, -0.25) is 9.78 Å². The topological polar surface area (TPSA) is 34.9 Å². The lowest BCUT2D eigenvalue weighted by Gasteiger charge is -2.07. The number of aromatic nitrogens is 2. The van der Waals surface area contributed by atoms with Crippen LogP contribution in [0.4, 0.5) is 0 Å². The molecule has 0 bridgehead atoms. The van der Waals surface area contributed by atoms with Crippen molar-refractivity contribution in [2.45, 2.75) is 0 Å². The molecule has 0 radical (unpaired) electrons. The van der Waals surface area contributed by atoms with E-state index in [-0.39, 0.29) is 11.5 Å². The Balaban J connectivity index is 2.11. The van der Waals surface area contributed by atoms with Gasteiger partial charge < -0.3 is 4.57 Å². The van der Waals surface area contributed by atoms with Crippen LogP contribution in [0.3, 0.4) is 0 Å². The molecule has 3 nitrogen and oxygen atoms in total. The fourth-order valence-electron chi connectivity index (χ4n) is 2.96. The van der Waals surface area contributed by atoms with Gasteiger partial charge in [-0.2, -0.15) is 12.6 Å². The van der Waals surface area contributed by atoms with Crippen LogP contribution >= 0.6 is 12.6 Å². The number of thiol groups is 1. The van der Waals surface area contributed by atoms with Crippen molar-refractivity contribution < 1.29 is 4.79 Å². The zero-order chi connectivity index (χ0) is 15.8. The highest BCUT2D eigenvalue weighted by Crippen LogP contribution is 2.31. The van der Waals surface area contributed by atoms with Gasteiger partial charge in [-0.1, -0.05) is 18.2 Å². The van der Waals surface area contributed by atoms with E-state index in [2.05, 4.69) is 40.4 Å². The summed E-state index contributed by atoms with van der Waals surface area (Å²) in [5, 5.41) is 0.983. The summed E-state index contributed by atoms with van der Waals surface area (Å²) in [6, 6.07) is 19.9. The molecule has 4 aromatic rings. The van der Waals surface area contributed by atoms with Gasteiger partial charge in [0.1, 0.15) is 0 Å². The Hall–Kier alpha value is -2.59. The molecule has 0 saturated heterocycles. The van der Waals surface area contributed by atoms with E-state index in [0.717, 1.165) is 27.6 Å². The molecule has 2 heterocycles. The van der Waals surface area contributed by atoms with E-state index >= 15 is 0 Å². The maximum absolute atomic E-state index is 12.0. The van der Waals surface area contributed by atoms with Gasteiger partial charge in [0.15, 0.2) is 5.78 Å². The van der Waals surface area contributed by atoms with E-state index in [1.807, 2.05) is 42.5 Å². The van der Waals surface area contributed by atoms with E-state index in [1.165, 1.54) is 0 Å². The predicted molar refractivity (Wildman–Crippen MR) is 96.8 cm³/mol. The summed E-state index contributed by atoms with van der Waals surface area (Å²) in [7, 11) is 0. The molecular weight excluding hydrogens is 304 g/mol. The Bertz CT molecular complexity index is 1020. The number of hydrogen-bond acceptors (Lipinski definition) is 3. The van der Waals surface area contributed by atoms with Crippen molar-refractivity contribution in [2.24, 2.45) is 0 Å². The van der Waals surface area contributed by atoms with Gasteiger partial charge in [-0.15, -0.1) is 0 Å². The lowest BCUT2D eigenvalue weighted by atomic mass is 10.1. The molecule has 0 unspecified atom stereocenters. The van der Waals surface area contributed by atoms with Gasteiger partial charge in [-0.05, 0) is 42.5 Å². The van der Waals surface area contributed by atoms with Crippen LogP contribution in [0.25, 0.3) is 27.6 Å². The number of carbonyl (C=O) groups excluding carboxylic acids is 1. The maximum atomic E-state index is 12.0. The average Bonchev–Trinajstić information content (AvgIpc) is 2.95. The van der Waals surface area contributed by atoms with E-state index in [4.69, 9.17) is 0 Å². The highest BCUT2D eigenvalue weighted by molar-refractivity contribution is 7.81. The lowest BCUT2D eigenvalue weighted by molar-refractivity contribution is 0.102. The minimum Gasteiger partial charge on any atom is -0.308 e. The molecular formula is C19H14N2OS. The number of fused-ring (bicyclic) bond motifs is 3. The first-order valence-electron chi connectivity index (χ1n) is 7.38. The van der Waals surface area contributed by atoms with Crippen molar-refractivity contribution in [3.63, 3.8) is 0 Å². The Morgan fingerprint density at radius 2 is 1.83 bits per heavy atom. The van der Waals surface area contributed by atoms with Gasteiger partial charge in [0.2, 0.25) is 0 Å². The monoisotopic (exact) mass is 318 g/mol.